The van der Waals surface area contributed by atoms with Gasteiger partial charge in [0.25, 0.3) is 0 Å². The Morgan fingerprint density at radius 1 is 0.879 bits per heavy atom. The Morgan fingerprint density at radius 2 is 1.76 bits per heavy atom. The third-order valence-electron chi connectivity index (χ3n) is 6.52. The third kappa shape index (κ3) is 3.03. The highest BCUT2D eigenvalue weighted by molar-refractivity contribution is 6.11. The molecular formula is C27H18N4O2. The first-order valence-electron chi connectivity index (χ1n) is 10.7. The molecule has 2 unspecified atom stereocenters. The van der Waals surface area contributed by atoms with Crippen LogP contribution in [-0.2, 0) is 0 Å². The predicted octanol–water partition coefficient (Wildman–Crippen LogP) is 4.41. The highest BCUT2D eigenvalue weighted by atomic mass is 16.1. The molecule has 0 bridgehead atoms. The van der Waals surface area contributed by atoms with Crippen LogP contribution in [-0.4, -0.2) is 26.9 Å². The van der Waals surface area contributed by atoms with Crippen molar-refractivity contribution in [1.82, 2.24) is 15.0 Å². The van der Waals surface area contributed by atoms with Gasteiger partial charge in [0.05, 0.1) is 16.6 Å². The molecule has 1 spiro atoms. The second-order valence-corrected chi connectivity index (χ2v) is 8.32. The molecule has 4 aromatic rings. The van der Waals surface area contributed by atoms with Crippen LogP contribution in [0.3, 0.4) is 0 Å². The number of hydrogen-bond acceptors (Lipinski definition) is 6. The molecule has 0 N–H and O–H groups in total. The van der Waals surface area contributed by atoms with E-state index in [0.29, 0.717) is 16.3 Å². The molecule has 0 amide bonds. The van der Waals surface area contributed by atoms with Gasteiger partial charge in [-0.2, -0.15) is 0 Å². The predicted molar refractivity (Wildman–Crippen MR) is 128 cm³/mol. The summed E-state index contributed by atoms with van der Waals surface area (Å²) in [5, 5.41) is 2.15. The van der Waals surface area contributed by atoms with Gasteiger partial charge in [0.1, 0.15) is 0 Å². The maximum Gasteiger partial charge on any atom is 0.197 e. The van der Waals surface area contributed by atoms with E-state index in [1.54, 1.807) is 36.9 Å². The van der Waals surface area contributed by atoms with Crippen LogP contribution in [0.15, 0.2) is 94.9 Å². The average Bonchev–Trinajstić information content (AvgIpc) is 3.65. The number of fused-ring (bicyclic) bond motifs is 3. The summed E-state index contributed by atoms with van der Waals surface area (Å²) in [7, 11) is 0. The number of Topliss-reactive ketones (excluding diaryl/α,β-unsaturated/α-hetero) is 1. The monoisotopic (exact) mass is 430 g/mol. The highest BCUT2D eigenvalue weighted by Crippen LogP contribution is 2.61. The molecule has 1 aliphatic heterocycles. The minimum absolute atomic E-state index is 0.0174. The molecular weight excluding hydrogens is 412 g/mol. The molecule has 33 heavy (non-hydrogen) atoms. The number of pyridine rings is 3. The van der Waals surface area contributed by atoms with Gasteiger partial charge in [-0.25, -0.2) is 0 Å². The van der Waals surface area contributed by atoms with E-state index in [4.69, 9.17) is 0 Å². The molecule has 3 aliphatic rings. The Kier molecular flexibility index (Phi) is 4.33. The molecule has 0 radical (unpaired) electrons. The maximum atomic E-state index is 12.7. The Bertz CT molecular complexity index is 1540. The van der Waals surface area contributed by atoms with Gasteiger partial charge in [-0.05, 0) is 59.9 Å². The normalized spacial score (nSPS) is 21.8. The molecule has 1 fully saturated rings. The second kappa shape index (κ2) is 7.38. The molecule has 4 heterocycles. The van der Waals surface area contributed by atoms with Crippen molar-refractivity contribution >= 4 is 39.7 Å². The number of rotatable bonds is 0. The zero-order valence-electron chi connectivity index (χ0n) is 17.6. The lowest BCUT2D eigenvalue weighted by Gasteiger charge is -2.16. The summed E-state index contributed by atoms with van der Waals surface area (Å²) in [6.45, 7) is 0. The van der Waals surface area contributed by atoms with Gasteiger partial charge >= 0.3 is 0 Å². The Hall–Kier alpha value is -4.32. The largest absolute Gasteiger partial charge is 0.293 e. The van der Waals surface area contributed by atoms with Crippen molar-refractivity contribution in [1.29, 1.82) is 0 Å². The SMILES string of the molecule is O=C1c2cccnc2C=CC2=CN=CC3CC123.O=c1c2cnccc2ccc2ncccc12. The minimum atomic E-state index is -0.327. The number of ketones is 1. The minimum Gasteiger partial charge on any atom is -0.293 e. The number of allylic oxidation sites excluding steroid dienone is 2. The molecule has 158 valence electrons. The van der Waals surface area contributed by atoms with Gasteiger partial charge in [0.15, 0.2) is 11.2 Å². The van der Waals surface area contributed by atoms with Crippen LogP contribution in [0.2, 0.25) is 0 Å². The fourth-order valence-electron chi connectivity index (χ4n) is 4.67. The molecule has 3 aromatic heterocycles. The number of aliphatic imine (C=N–C) groups is 1. The number of hydrogen-bond donors (Lipinski definition) is 0. The first kappa shape index (κ1) is 19.4. The standard InChI is InChI=1S/C14H10N2O.C13H8N2O/c17-13-11-2-1-5-16-12(11)4-3-9-7-15-8-10-6-14(9,10)13;16-13-10-2-1-6-15-12(10)4-3-9-5-7-14-8-11(9)13/h1-5,7-8,10H,6H2;1-8H. The first-order valence-corrected chi connectivity index (χ1v) is 10.7. The fourth-order valence-corrected chi connectivity index (χ4v) is 4.67. The average molecular weight is 430 g/mol. The van der Waals surface area contributed by atoms with Gasteiger partial charge in [-0.3, -0.25) is 29.5 Å². The first-order chi connectivity index (χ1) is 16.2. The summed E-state index contributed by atoms with van der Waals surface area (Å²) in [4.78, 5) is 41.5. The van der Waals surface area contributed by atoms with Gasteiger partial charge in [0.2, 0.25) is 0 Å². The molecule has 6 nitrogen and oxygen atoms in total. The number of aromatic nitrogens is 3. The van der Waals surface area contributed by atoms with E-state index in [1.807, 2.05) is 54.9 Å². The van der Waals surface area contributed by atoms with E-state index in [1.165, 1.54) is 0 Å². The van der Waals surface area contributed by atoms with Crippen LogP contribution in [0, 0.1) is 11.3 Å². The van der Waals surface area contributed by atoms with Crippen molar-refractivity contribution in [2.75, 3.05) is 0 Å². The summed E-state index contributed by atoms with van der Waals surface area (Å²) in [6.07, 6.45) is 15.2. The Morgan fingerprint density at radius 3 is 2.70 bits per heavy atom. The fraction of sp³-hybridized carbons (Fsp3) is 0.111. The van der Waals surface area contributed by atoms with E-state index in [-0.39, 0.29) is 22.5 Å². The zero-order valence-corrected chi connectivity index (χ0v) is 17.6. The molecule has 6 heteroatoms. The van der Waals surface area contributed by atoms with Crippen LogP contribution < -0.4 is 5.43 Å². The summed E-state index contributed by atoms with van der Waals surface area (Å²) in [5.74, 6) is 0.485. The quantitative estimate of drug-likeness (QED) is 0.413. The van der Waals surface area contributed by atoms with Crippen molar-refractivity contribution in [3.05, 3.63) is 107 Å². The van der Waals surface area contributed by atoms with Crippen molar-refractivity contribution < 1.29 is 4.79 Å². The van der Waals surface area contributed by atoms with Gasteiger partial charge in [-0.1, -0.05) is 12.1 Å². The number of nitrogens with zero attached hydrogens (tertiary/aromatic N) is 4. The smallest absolute Gasteiger partial charge is 0.197 e. The van der Waals surface area contributed by atoms with Crippen LogP contribution in [0.5, 0.6) is 0 Å². The molecule has 2 atom stereocenters. The topological polar surface area (TPSA) is 85.2 Å². The van der Waals surface area contributed by atoms with Gasteiger partial charge < -0.3 is 0 Å². The third-order valence-corrected chi connectivity index (χ3v) is 6.52. The lowest BCUT2D eigenvalue weighted by atomic mass is 9.86. The number of carbonyl (C=O) groups excluding carboxylic acids is 1. The molecule has 1 saturated carbocycles. The summed E-state index contributed by atoms with van der Waals surface area (Å²) >= 11 is 0. The molecule has 7 rings (SSSR count). The van der Waals surface area contributed by atoms with E-state index >= 15 is 0 Å². The lowest BCUT2D eigenvalue weighted by Crippen LogP contribution is -2.22. The van der Waals surface area contributed by atoms with Crippen LogP contribution in [0.4, 0.5) is 0 Å². The molecule has 0 saturated heterocycles. The highest BCUT2D eigenvalue weighted by Gasteiger charge is 2.62. The van der Waals surface area contributed by atoms with Crippen molar-refractivity contribution in [2.45, 2.75) is 6.42 Å². The zero-order chi connectivity index (χ0) is 22.4. The van der Waals surface area contributed by atoms with E-state index in [2.05, 4.69) is 19.9 Å². The summed E-state index contributed by atoms with van der Waals surface area (Å²) in [5.41, 5.74) is 2.91. The molecule has 2 aliphatic carbocycles. The summed E-state index contributed by atoms with van der Waals surface area (Å²) < 4.78 is 0. The Balaban J connectivity index is 0.000000125. The summed E-state index contributed by atoms with van der Waals surface area (Å²) in [6, 6.07) is 12.8. The van der Waals surface area contributed by atoms with Gasteiger partial charge in [0, 0.05) is 59.5 Å². The van der Waals surface area contributed by atoms with Crippen LogP contribution in [0.1, 0.15) is 22.5 Å². The van der Waals surface area contributed by atoms with Crippen molar-refractivity contribution in [3.8, 4) is 0 Å². The van der Waals surface area contributed by atoms with E-state index in [9.17, 15) is 9.59 Å². The Labute approximate surface area is 189 Å². The van der Waals surface area contributed by atoms with E-state index in [0.717, 1.165) is 28.6 Å². The van der Waals surface area contributed by atoms with Gasteiger partial charge in [-0.15, -0.1) is 0 Å². The second-order valence-electron chi connectivity index (χ2n) is 8.32. The van der Waals surface area contributed by atoms with E-state index < -0.39 is 0 Å². The molecule has 1 aromatic carbocycles. The number of carbonyl (C=O) groups is 1. The lowest BCUT2D eigenvalue weighted by molar-refractivity contribution is 0.0920. The van der Waals surface area contributed by atoms with Crippen LogP contribution in [0.25, 0.3) is 27.8 Å². The maximum absolute atomic E-state index is 12.7. The van der Waals surface area contributed by atoms with Crippen molar-refractivity contribution in [2.24, 2.45) is 16.3 Å². The van der Waals surface area contributed by atoms with Crippen LogP contribution >= 0.6 is 0 Å². The van der Waals surface area contributed by atoms with Crippen molar-refractivity contribution in [3.63, 3.8) is 0 Å².